The largest absolute Gasteiger partial charge is 0.481 e. The third-order valence-corrected chi connectivity index (χ3v) is 3.82. The maximum Gasteiger partial charge on any atom is 0.300 e. The summed E-state index contributed by atoms with van der Waals surface area (Å²) in [6, 6.07) is 0. The Morgan fingerprint density at radius 1 is 1.36 bits per heavy atom. The fraction of sp³-hybridized carbons (Fsp3) is 0.909. The highest BCUT2D eigenvalue weighted by Gasteiger charge is 2.52. The van der Waals surface area contributed by atoms with Gasteiger partial charge in [0.2, 0.25) is 0 Å². The Hall–Kier alpha value is -0.570. The fourth-order valence-corrected chi connectivity index (χ4v) is 2.99. The van der Waals surface area contributed by atoms with Gasteiger partial charge in [-0.2, -0.15) is 0 Å². The first-order chi connectivity index (χ1) is 6.35. The Bertz CT molecular complexity index is 219. The maximum atomic E-state index is 9.55. The molecule has 0 saturated heterocycles. The lowest BCUT2D eigenvalue weighted by Crippen LogP contribution is -2.22. The van der Waals surface area contributed by atoms with Gasteiger partial charge in [-0.1, -0.05) is 13.8 Å². The van der Waals surface area contributed by atoms with E-state index >= 15 is 0 Å². The van der Waals surface area contributed by atoms with Crippen molar-refractivity contribution in [3.63, 3.8) is 0 Å². The van der Waals surface area contributed by atoms with Crippen LogP contribution in [0.4, 0.5) is 0 Å². The molecule has 0 aromatic heterocycles. The van der Waals surface area contributed by atoms with Crippen LogP contribution in [0.3, 0.4) is 0 Å². The van der Waals surface area contributed by atoms with Gasteiger partial charge in [0.25, 0.3) is 5.97 Å². The number of carboxylic acid groups (broad SMARTS) is 1. The van der Waals surface area contributed by atoms with Crippen molar-refractivity contribution in [3.05, 3.63) is 0 Å². The molecular formula is C11H20O3. The molecule has 3 unspecified atom stereocenters. The first kappa shape index (κ1) is 11.5. The molecule has 2 aliphatic rings. The van der Waals surface area contributed by atoms with Gasteiger partial charge in [-0.05, 0) is 36.5 Å². The third-order valence-electron chi connectivity index (χ3n) is 3.82. The van der Waals surface area contributed by atoms with Gasteiger partial charge in [-0.25, -0.2) is 0 Å². The highest BCUT2D eigenvalue weighted by Crippen LogP contribution is 2.57. The van der Waals surface area contributed by atoms with Gasteiger partial charge in [0, 0.05) is 6.92 Å². The minimum atomic E-state index is -0.833. The molecule has 3 atom stereocenters. The smallest absolute Gasteiger partial charge is 0.300 e. The number of rotatable bonds is 0. The summed E-state index contributed by atoms with van der Waals surface area (Å²) in [6.45, 7) is 5.71. The van der Waals surface area contributed by atoms with E-state index in [1.165, 1.54) is 12.8 Å². The van der Waals surface area contributed by atoms with Crippen molar-refractivity contribution in [2.24, 2.45) is 17.3 Å². The van der Waals surface area contributed by atoms with Gasteiger partial charge in [-0.15, -0.1) is 0 Å². The molecule has 0 radical (unpaired) electrons. The number of carbonyl (C=O) groups is 1. The average molecular weight is 200 g/mol. The van der Waals surface area contributed by atoms with Gasteiger partial charge in [-0.3, -0.25) is 4.79 Å². The lowest BCUT2D eigenvalue weighted by molar-refractivity contribution is -0.134. The molecule has 0 aliphatic heterocycles. The number of aliphatic hydroxyl groups excluding tert-OH is 1. The van der Waals surface area contributed by atoms with Crippen molar-refractivity contribution >= 4 is 5.97 Å². The van der Waals surface area contributed by atoms with Gasteiger partial charge in [0.1, 0.15) is 0 Å². The Balaban J connectivity index is 0.000000213. The van der Waals surface area contributed by atoms with Crippen LogP contribution in [-0.2, 0) is 4.79 Å². The van der Waals surface area contributed by atoms with E-state index in [4.69, 9.17) is 9.90 Å². The zero-order valence-corrected chi connectivity index (χ0v) is 9.16. The van der Waals surface area contributed by atoms with E-state index in [-0.39, 0.29) is 6.10 Å². The van der Waals surface area contributed by atoms with Crippen LogP contribution in [0.5, 0.6) is 0 Å². The molecule has 2 rings (SSSR count). The van der Waals surface area contributed by atoms with Crippen LogP contribution in [0.2, 0.25) is 0 Å². The Morgan fingerprint density at radius 2 is 1.86 bits per heavy atom. The van der Waals surface area contributed by atoms with Gasteiger partial charge >= 0.3 is 0 Å². The first-order valence-corrected chi connectivity index (χ1v) is 5.23. The van der Waals surface area contributed by atoms with E-state index in [1.807, 2.05) is 0 Å². The summed E-state index contributed by atoms with van der Waals surface area (Å²) in [5, 5.41) is 17.0. The lowest BCUT2D eigenvalue weighted by atomic mass is 9.82. The van der Waals surface area contributed by atoms with Crippen LogP contribution in [-0.4, -0.2) is 22.3 Å². The Labute approximate surface area is 85.1 Å². The zero-order chi connectivity index (χ0) is 10.9. The summed E-state index contributed by atoms with van der Waals surface area (Å²) in [5.74, 6) is 0.588. The number of aliphatic hydroxyl groups is 1. The molecule has 0 amide bonds. The molecular weight excluding hydrogens is 180 g/mol. The molecule has 3 nitrogen and oxygen atoms in total. The number of hydrogen-bond acceptors (Lipinski definition) is 2. The molecule has 14 heavy (non-hydrogen) atoms. The first-order valence-electron chi connectivity index (χ1n) is 5.23. The molecule has 2 aliphatic carbocycles. The zero-order valence-electron chi connectivity index (χ0n) is 9.16. The summed E-state index contributed by atoms with van der Waals surface area (Å²) < 4.78 is 0. The Kier molecular flexibility index (Phi) is 3.20. The molecule has 82 valence electrons. The standard InChI is InChI=1S/C9H16O.C2H4O2/c1-9(2)6-3-4-7(9)8(10)5-6;1-2(3)4/h6-8,10H,3-5H2,1-2H3;1H3,(H,3,4). The molecule has 0 aromatic rings. The summed E-state index contributed by atoms with van der Waals surface area (Å²) in [4.78, 5) is 9.00. The minimum Gasteiger partial charge on any atom is -0.481 e. The molecule has 2 fully saturated rings. The highest BCUT2D eigenvalue weighted by molar-refractivity contribution is 5.62. The second kappa shape index (κ2) is 3.89. The minimum absolute atomic E-state index is 0.0220. The Morgan fingerprint density at radius 3 is 2.00 bits per heavy atom. The van der Waals surface area contributed by atoms with Crippen molar-refractivity contribution in [1.29, 1.82) is 0 Å². The van der Waals surface area contributed by atoms with Crippen LogP contribution in [0.1, 0.15) is 40.0 Å². The number of aliphatic carboxylic acids is 1. The predicted octanol–water partition coefficient (Wildman–Crippen LogP) is 1.89. The molecule has 3 heteroatoms. The molecule has 2 bridgehead atoms. The lowest BCUT2D eigenvalue weighted by Gasteiger charge is -2.24. The molecule has 0 heterocycles. The number of carboxylic acids is 1. The van der Waals surface area contributed by atoms with Gasteiger partial charge in [0.05, 0.1) is 6.10 Å². The summed E-state index contributed by atoms with van der Waals surface area (Å²) in [7, 11) is 0. The molecule has 0 spiro atoms. The fourth-order valence-electron chi connectivity index (χ4n) is 2.99. The molecule has 2 N–H and O–H groups in total. The van der Waals surface area contributed by atoms with Crippen LogP contribution in [0.15, 0.2) is 0 Å². The van der Waals surface area contributed by atoms with Crippen LogP contribution < -0.4 is 0 Å². The van der Waals surface area contributed by atoms with Crippen molar-refractivity contribution in [2.75, 3.05) is 0 Å². The van der Waals surface area contributed by atoms with Crippen molar-refractivity contribution in [1.82, 2.24) is 0 Å². The maximum absolute atomic E-state index is 9.55. The topological polar surface area (TPSA) is 57.5 Å². The van der Waals surface area contributed by atoms with Crippen molar-refractivity contribution < 1.29 is 15.0 Å². The SMILES string of the molecule is CC(=O)O.CC1(C)C2CCC1C(O)C2. The van der Waals surface area contributed by atoms with E-state index in [0.29, 0.717) is 11.3 Å². The van der Waals surface area contributed by atoms with E-state index in [9.17, 15) is 5.11 Å². The normalized spacial score (nSPS) is 37.6. The molecule has 0 aromatic carbocycles. The summed E-state index contributed by atoms with van der Waals surface area (Å²) >= 11 is 0. The predicted molar refractivity (Wildman–Crippen MR) is 53.9 cm³/mol. The van der Waals surface area contributed by atoms with Crippen molar-refractivity contribution in [3.8, 4) is 0 Å². The quantitative estimate of drug-likeness (QED) is 0.628. The van der Waals surface area contributed by atoms with E-state index in [1.54, 1.807) is 0 Å². The van der Waals surface area contributed by atoms with E-state index < -0.39 is 5.97 Å². The van der Waals surface area contributed by atoms with Crippen LogP contribution in [0.25, 0.3) is 0 Å². The number of hydrogen-bond donors (Lipinski definition) is 2. The monoisotopic (exact) mass is 200 g/mol. The average Bonchev–Trinajstić information content (AvgIpc) is 2.37. The van der Waals surface area contributed by atoms with Gasteiger partial charge in [0.15, 0.2) is 0 Å². The summed E-state index contributed by atoms with van der Waals surface area (Å²) in [6.07, 6.45) is 3.71. The number of fused-ring (bicyclic) bond motifs is 2. The van der Waals surface area contributed by atoms with E-state index in [0.717, 1.165) is 19.3 Å². The second-order valence-corrected chi connectivity index (χ2v) is 5.02. The third kappa shape index (κ3) is 2.08. The van der Waals surface area contributed by atoms with Crippen molar-refractivity contribution in [2.45, 2.75) is 46.1 Å². The van der Waals surface area contributed by atoms with Crippen LogP contribution in [0, 0.1) is 17.3 Å². The highest BCUT2D eigenvalue weighted by atomic mass is 16.4. The van der Waals surface area contributed by atoms with Gasteiger partial charge < -0.3 is 10.2 Å². The molecule has 2 saturated carbocycles. The van der Waals surface area contributed by atoms with Crippen LogP contribution >= 0.6 is 0 Å². The second-order valence-electron chi connectivity index (χ2n) is 5.02. The van der Waals surface area contributed by atoms with E-state index in [2.05, 4.69) is 13.8 Å². The summed E-state index contributed by atoms with van der Waals surface area (Å²) in [5.41, 5.74) is 0.444.